The van der Waals surface area contributed by atoms with E-state index in [0.717, 1.165) is 36.4 Å². The van der Waals surface area contributed by atoms with Crippen LogP contribution in [0.4, 0.5) is 37.7 Å². The van der Waals surface area contributed by atoms with Gasteiger partial charge in [-0.2, -0.15) is 41.8 Å². The van der Waals surface area contributed by atoms with E-state index in [-0.39, 0.29) is 11.4 Å². The Morgan fingerprint density at radius 2 is 1.36 bits per heavy atom. The molecule has 2 rings (SSSR count). The Kier molecular flexibility index (Phi) is 6.35. The van der Waals surface area contributed by atoms with E-state index < -0.39 is 34.7 Å². The average Bonchev–Trinajstić information content (AvgIpc) is 2.61. The smallest absolute Gasteiger partial charge is 0.194 e. The predicted molar refractivity (Wildman–Crippen MR) is 86.3 cm³/mol. The van der Waals surface area contributed by atoms with Crippen LogP contribution < -0.4 is 0 Å². The molecule has 0 aliphatic rings. The lowest BCUT2D eigenvalue weighted by molar-refractivity contribution is -0.138. The van der Waals surface area contributed by atoms with Gasteiger partial charge in [0.05, 0.1) is 27.5 Å². The Morgan fingerprint density at radius 3 is 1.86 bits per heavy atom. The van der Waals surface area contributed by atoms with Crippen LogP contribution in [0.5, 0.6) is 0 Å². The molecule has 0 fully saturated rings. The highest BCUT2D eigenvalue weighted by Gasteiger charge is 2.33. The highest BCUT2D eigenvalue weighted by Crippen LogP contribution is 2.37. The Balaban J connectivity index is 2.14. The number of alkyl halides is 6. The Bertz CT molecular complexity index is 929. The van der Waals surface area contributed by atoms with Crippen LogP contribution in [-0.4, -0.2) is 6.17 Å². The lowest BCUT2D eigenvalue weighted by Crippen LogP contribution is -2.05. The van der Waals surface area contributed by atoms with Crippen LogP contribution in [0.25, 0.3) is 0 Å². The maximum Gasteiger partial charge on any atom is 0.417 e. The van der Waals surface area contributed by atoms with Crippen molar-refractivity contribution in [1.82, 2.24) is 0 Å². The Morgan fingerprint density at radius 1 is 0.821 bits per heavy atom. The molecule has 0 spiro atoms. The van der Waals surface area contributed by atoms with Crippen molar-refractivity contribution in [1.29, 1.82) is 5.26 Å². The van der Waals surface area contributed by atoms with Crippen molar-refractivity contribution < 1.29 is 26.3 Å². The van der Waals surface area contributed by atoms with E-state index in [1.165, 1.54) is 0 Å². The van der Waals surface area contributed by atoms with E-state index in [9.17, 15) is 26.3 Å². The normalized spacial score (nSPS) is 13.8. The van der Waals surface area contributed by atoms with E-state index in [1.807, 2.05) is 0 Å². The van der Waals surface area contributed by atoms with E-state index in [2.05, 4.69) is 20.5 Å². The van der Waals surface area contributed by atoms with Crippen LogP contribution >= 0.6 is 11.6 Å². The second kappa shape index (κ2) is 8.35. The van der Waals surface area contributed by atoms with Crippen LogP contribution in [-0.2, 0) is 12.4 Å². The third-order valence-corrected chi connectivity index (χ3v) is 3.46. The zero-order chi connectivity index (χ0) is 20.9. The fourth-order valence-corrected chi connectivity index (χ4v) is 2.05. The standard InChI is InChI=1S/C16H8ClF6N5/c17-13-6-5-11(7-12(13)16(21,22)23)26-28-14(8-24)27-25-10-3-1-9(2-4-10)15(18,19)20/h1-7,14H. The largest absolute Gasteiger partial charge is 0.417 e. The van der Waals surface area contributed by atoms with E-state index in [4.69, 9.17) is 16.9 Å². The Hall–Kier alpha value is -3.00. The zero-order valence-corrected chi connectivity index (χ0v) is 14.3. The molecule has 0 N–H and O–H groups in total. The molecule has 1 unspecified atom stereocenters. The third-order valence-electron chi connectivity index (χ3n) is 3.13. The molecule has 2 aromatic carbocycles. The van der Waals surface area contributed by atoms with Gasteiger partial charge in [0.25, 0.3) is 6.17 Å². The number of nitrogens with zero attached hydrogens (tertiary/aromatic N) is 5. The molecule has 0 heterocycles. The van der Waals surface area contributed by atoms with Crippen molar-refractivity contribution in [3.63, 3.8) is 0 Å². The second-order valence-electron chi connectivity index (χ2n) is 5.14. The van der Waals surface area contributed by atoms with Crippen molar-refractivity contribution in [2.45, 2.75) is 18.5 Å². The fourth-order valence-electron chi connectivity index (χ4n) is 1.83. The predicted octanol–water partition coefficient (Wildman–Crippen LogP) is 7.09. The van der Waals surface area contributed by atoms with Crippen molar-refractivity contribution in [3.8, 4) is 6.07 Å². The van der Waals surface area contributed by atoms with Gasteiger partial charge in [-0.25, -0.2) is 0 Å². The number of hydrogen-bond acceptors (Lipinski definition) is 5. The number of rotatable bonds is 4. The monoisotopic (exact) mass is 419 g/mol. The summed E-state index contributed by atoms with van der Waals surface area (Å²) in [7, 11) is 0. The quantitative estimate of drug-likeness (QED) is 0.385. The van der Waals surface area contributed by atoms with Gasteiger partial charge in [-0.05, 0) is 42.5 Å². The molecular weight excluding hydrogens is 412 g/mol. The van der Waals surface area contributed by atoms with Crippen LogP contribution in [0.1, 0.15) is 11.1 Å². The van der Waals surface area contributed by atoms with Crippen molar-refractivity contribution in [2.75, 3.05) is 0 Å². The average molecular weight is 420 g/mol. The van der Waals surface area contributed by atoms with Gasteiger partial charge in [-0.3, -0.25) is 0 Å². The maximum atomic E-state index is 12.8. The number of nitriles is 1. The molecule has 0 bridgehead atoms. The molecule has 12 heteroatoms. The zero-order valence-electron chi connectivity index (χ0n) is 13.5. The van der Waals surface area contributed by atoms with Gasteiger partial charge in [0, 0.05) is 0 Å². The third kappa shape index (κ3) is 5.75. The van der Waals surface area contributed by atoms with Gasteiger partial charge in [-0.1, -0.05) is 11.6 Å². The van der Waals surface area contributed by atoms with Gasteiger partial charge in [0.2, 0.25) is 0 Å². The minimum absolute atomic E-state index is 0.0225. The first-order valence-electron chi connectivity index (χ1n) is 7.26. The lowest BCUT2D eigenvalue weighted by atomic mass is 10.2. The fraction of sp³-hybridized carbons (Fsp3) is 0.188. The van der Waals surface area contributed by atoms with Gasteiger partial charge in [0.1, 0.15) is 6.07 Å². The second-order valence-corrected chi connectivity index (χ2v) is 5.55. The minimum atomic E-state index is -4.69. The summed E-state index contributed by atoms with van der Waals surface area (Å²) in [5, 5.41) is 22.4. The highest BCUT2D eigenvalue weighted by atomic mass is 35.5. The van der Waals surface area contributed by atoms with Crippen LogP contribution in [0, 0.1) is 11.3 Å². The summed E-state index contributed by atoms with van der Waals surface area (Å²) in [6.07, 6.45) is -10.7. The molecule has 146 valence electrons. The SMILES string of the molecule is N#CC(N=Nc1ccc(C(F)(F)F)cc1)N=Nc1ccc(Cl)c(C(F)(F)F)c1. The minimum Gasteiger partial charge on any atom is -0.194 e. The van der Waals surface area contributed by atoms with Gasteiger partial charge in [-0.15, -0.1) is 10.2 Å². The summed E-state index contributed by atoms with van der Waals surface area (Å²) >= 11 is 5.48. The van der Waals surface area contributed by atoms with E-state index >= 15 is 0 Å². The molecule has 0 aromatic heterocycles. The topological polar surface area (TPSA) is 73.2 Å². The first-order chi connectivity index (χ1) is 13.0. The molecule has 0 aliphatic heterocycles. The van der Waals surface area contributed by atoms with Gasteiger partial charge in [0.15, 0.2) is 0 Å². The van der Waals surface area contributed by atoms with Gasteiger partial charge < -0.3 is 0 Å². The van der Waals surface area contributed by atoms with Crippen LogP contribution in [0.15, 0.2) is 62.9 Å². The molecular formula is C16H8ClF6N5. The van der Waals surface area contributed by atoms with Crippen LogP contribution in [0.3, 0.4) is 0 Å². The molecule has 5 nitrogen and oxygen atoms in total. The van der Waals surface area contributed by atoms with Crippen molar-refractivity contribution >= 4 is 23.0 Å². The lowest BCUT2D eigenvalue weighted by Gasteiger charge is -2.08. The molecule has 0 saturated carbocycles. The van der Waals surface area contributed by atoms with E-state index in [0.29, 0.717) is 6.07 Å². The van der Waals surface area contributed by atoms with E-state index in [1.54, 1.807) is 6.07 Å². The summed E-state index contributed by atoms with van der Waals surface area (Å²) in [5.41, 5.74) is -2.20. The number of halogens is 7. The van der Waals surface area contributed by atoms with Crippen molar-refractivity contribution in [3.05, 3.63) is 58.6 Å². The first-order valence-corrected chi connectivity index (χ1v) is 7.64. The highest BCUT2D eigenvalue weighted by molar-refractivity contribution is 6.31. The molecule has 1 atom stereocenters. The summed E-state index contributed by atoms with van der Waals surface area (Å²) in [4.78, 5) is 0. The summed E-state index contributed by atoms with van der Waals surface area (Å²) in [6, 6.07) is 7.99. The first kappa shape index (κ1) is 21.3. The summed E-state index contributed by atoms with van der Waals surface area (Å²) in [6.45, 7) is 0. The number of benzene rings is 2. The molecule has 28 heavy (non-hydrogen) atoms. The van der Waals surface area contributed by atoms with Crippen molar-refractivity contribution in [2.24, 2.45) is 20.5 Å². The maximum absolute atomic E-state index is 12.8. The molecule has 0 amide bonds. The number of azo groups is 2. The molecule has 0 aliphatic carbocycles. The molecule has 2 aromatic rings. The summed E-state index contributed by atoms with van der Waals surface area (Å²) in [5.74, 6) is 0. The Labute approximate surface area is 159 Å². The molecule has 0 saturated heterocycles. The summed E-state index contributed by atoms with van der Waals surface area (Å²) < 4.78 is 75.8. The number of hydrogen-bond donors (Lipinski definition) is 0. The van der Waals surface area contributed by atoms with Crippen LogP contribution in [0.2, 0.25) is 5.02 Å². The molecule has 0 radical (unpaired) electrons. The van der Waals surface area contributed by atoms with Gasteiger partial charge >= 0.3 is 12.4 Å².